The quantitative estimate of drug-likeness (QED) is 0.400. The van der Waals surface area contributed by atoms with E-state index in [2.05, 4.69) is 20.3 Å². The molecule has 3 saturated heterocycles. The Bertz CT molecular complexity index is 1470. The van der Waals surface area contributed by atoms with Crippen LogP contribution in [-0.2, 0) is 10.9 Å². The van der Waals surface area contributed by atoms with Crippen LogP contribution in [0.4, 0.5) is 29.2 Å². The first-order chi connectivity index (χ1) is 18.9. The van der Waals surface area contributed by atoms with Crippen LogP contribution in [0.5, 0.6) is 6.01 Å². The van der Waals surface area contributed by atoms with Crippen molar-refractivity contribution in [3.63, 3.8) is 0 Å². The van der Waals surface area contributed by atoms with Gasteiger partial charge in [-0.2, -0.15) is 23.1 Å². The first-order valence-corrected chi connectivity index (χ1v) is 13.6. The van der Waals surface area contributed by atoms with Gasteiger partial charge in [-0.3, -0.25) is 0 Å². The maximum Gasteiger partial charge on any atom is 0.418 e. The summed E-state index contributed by atoms with van der Waals surface area (Å²) in [5.74, 6) is -0.814. The summed E-state index contributed by atoms with van der Waals surface area (Å²) in [6.07, 6.45) is -2.03. The van der Waals surface area contributed by atoms with Crippen LogP contribution in [0, 0.1) is 18.2 Å². The Morgan fingerprint density at radius 1 is 1.20 bits per heavy atom. The number of nitrogens with zero attached hydrogens (tertiary/aromatic N) is 4. The molecule has 40 heavy (non-hydrogen) atoms. The van der Waals surface area contributed by atoms with Gasteiger partial charge in [-0.1, -0.05) is 18.5 Å². The van der Waals surface area contributed by atoms with Gasteiger partial charge >= 0.3 is 12.2 Å². The molecule has 3 fully saturated rings. The minimum absolute atomic E-state index is 0.0681. The standard InChI is InChI=1S/C27H29ClF4N6O2/c1-13-7-18(33)35-23(20(13)27(30,31)32)19-17(28)8-16-22(21(19)29)36-25(40-12-26(2)5-6-39-11-26)37-24(16)38-9-14-3-4-15(10-38)34-14/h7-8,14-15,34H,3-6,9-12H2,1-2H3,(H2,33,35). The molecule has 3 N–H and O–H groups in total. The lowest BCUT2D eigenvalue weighted by atomic mass is 9.91. The Balaban J connectivity index is 1.53. The number of rotatable bonds is 5. The number of nitrogen functional groups attached to an aromatic ring is 1. The first-order valence-electron chi connectivity index (χ1n) is 13.2. The predicted octanol–water partition coefficient (Wildman–Crippen LogP) is 5.14. The summed E-state index contributed by atoms with van der Waals surface area (Å²) < 4.78 is 70.3. The van der Waals surface area contributed by atoms with Gasteiger partial charge in [0.05, 0.1) is 35.1 Å². The van der Waals surface area contributed by atoms with Gasteiger partial charge in [-0.15, -0.1) is 0 Å². The van der Waals surface area contributed by atoms with Crippen LogP contribution >= 0.6 is 11.6 Å². The number of fused-ring (bicyclic) bond motifs is 3. The summed E-state index contributed by atoms with van der Waals surface area (Å²) in [5, 5.41) is 3.58. The second-order valence-corrected chi connectivity index (χ2v) is 11.7. The van der Waals surface area contributed by atoms with E-state index in [0.29, 0.717) is 32.1 Å². The van der Waals surface area contributed by atoms with E-state index in [1.165, 1.54) is 13.0 Å². The van der Waals surface area contributed by atoms with E-state index in [1.807, 2.05) is 11.8 Å². The fourth-order valence-electron chi connectivity index (χ4n) is 5.95. The first kappa shape index (κ1) is 27.2. The molecule has 6 rings (SSSR count). The number of ether oxygens (including phenoxy) is 2. The van der Waals surface area contributed by atoms with Crippen LogP contribution in [0.15, 0.2) is 12.1 Å². The number of benzene rings is 1. The second kappa shape index (κ2) is 9.85. The van der Waals surface area contributed by atoms with Crippen molar-refractivity contribution in [3.05, 3.63) is 34.1 Å². The van der Waals surface area contributed by atoms with Gasteiger partial charge in [0.25, 0.3) is 0 Å². The van der Waals surface area contributed by atoms with Gasteiger partial charge in [0.15, 0.2) is 5.82 Å². The lowest BCUT2D eigenvalue weighted by Crippen LogP contribution is -2.51. The maximum atomic E-state index is 16.4. The summed E-state index contributed by atoms with van der Waals surface area (Å²) in [4.78, 5) is 14.9. The fourth-order valence-corrected chi connectivity index (χ4v) is 6.23. The van der Waals surface area contributed by atoms with E-state index >= 15 is 4.39 Å². The molecular formula is C27H29ClF4N6O2. The third-order valence-electron chi connectivity index (χ3n) is 7.97. The molecular weight excluding hydrogens is 552 g/mol. The van der Waals surface area contributed by atoms with E-state index in [1.54, 1.807) is 0 Å². The molecule has 2 bridgehead atoms. The molecule has 0 saturated carbocycles. The Morgan fingerprint density at radius 3 is 2.58 bits per heavy atom. The molecule has 13 heteroatoms. The number of hydrogen-bond donors (Lipinski definition) is 2. The summed E-state index contributed by atoms with van der Waals surface area (Å²) in [7, 11) is 0. The molecule has 0 radical (unpaired) electrons. The number of aryl methyl sites for hydroxylation is 1. The predicted molar refractivity (Wildman–Crippen MR) is 143 cm³/mol. The molecule has 2 aromatic heterocycles. The van der Waals surface area contributed by atoms with Gasteiger partial charge in [0, 0.05) is 42.6 Å². The van der Waals surface area contributed by atoms with Crippen molar-refractivity contribution >= 4 is 34.1 Å². The SMILES string of the molecule is Cc1cc(N)nc(-c2c(Cl)cc3c(N4CC5CCC(C4)N5)nc(OCC4(C)CCOC4)nc3c2F)c1C(F)(F)F. The summed E-state index contributed by atoms with van der Waals surface area (Å²) in [6.45, 7) is 5.87. The molecule has 3 aromatic rings. The number of nitrogens with two attached hydrogens (primary N) is 1. The highest BCUT2D eigenvalue weighted by Gasteiger charge is 2.39. The summed E-state index contributed by atoms with van der Waals surface area (Å²) in [5.41, 5.74) is 2.82. The van der Waals surface area contributed by atoms with Crippen LogP contribution in [0.1, 0.15) is 37.3 Å². The second-order valence-electron chi connectivity index (χ2n) is 11.3. The van der Waals surface area contributed by atoms with E-state index in [0.717, 1.165) is 25.3 Å². The smallest absolute Gasteiger partial charge is 0.418 e. The van der Waals surface area contributed by atoms with E-state index in [9.17, 15) is 13.2 Å². The van der Waals surface area contributed by atoms with Crippen molar-refractivity contribution in [2.45, 2.75) is 51.4 Å². The van der Waals surface area contributed by atoms with E-state index in [-0.39, 0.29) is 57.4 Å². The van der Waals surface area contributed by atoms with Crippen molar-refractivity contribution in [2.75, 3.05) is 43.5 Å². The number of hydrogen-bond acceptors (Lipinski definition) is 8. The zero-order valence-corrected chi connectivity index (χ0v) is 22.8. The maximum absolute atomic E-state index is 16.4. The highest BCUT2D eigenvalue weighted by atomic mass is 35.5. The molecule has 8 nitrogen and oxygen atoms in total. The number of pyridine rings is 1. The molecule has 0 amide bonds. The Morgan fingerprint density at radius 2 is 1.93 bits per heavy atom. The molecule has 3 aliphatic heterocycles. The van der Waals surface area contributed by atoms with Crippen LogP contribution in [0.25, 0.3) is 22.2 Å². The summed E-state index contributed by atoms with van der Waals surface area (Å²) in [6, 6.07) is 2.93. The zero-order chi connectivity index (χ0) is 28.4. The molecule has 214 valence electrons. The number of nitrogens with one attached hydrogen (secondary N) is 1. The Labute approximate surface area is 233 Å². The topological polar surface area (TPSA) is 98.4 Å². The number of anilines is 2. The average molecular weight is 581 g/mol. The van der Waals surface area contributed by atoms with Crippen LogP contribution in [-0.4, -0.2) is 59.9 Å². The van der Waals surface area contributed by atoms with Crippen molar-refractivity contribution in [3.8, 4) is 17.3 Å². The third-order valence-corrected chi connectivity index (χ3v) is 8.26. The van der Waals surface area contributed by atoms with Crippen molar-refractivity contribution in [2.24, 2.45) is 5.41 Å². The molecule has 1 aromatic carbocycles. The minimum atomic E-state index is -4.82. The molecule has 3 aliphatic rings. The Hall–Kier alpha value is -2.96. The highest BCUT2D eigenvalue weighted by Crippen LogP contribution is 2.45. The molecule has 0 aliphatic carbocycles. The number of halogens is 5. The monoisotopic (exact) mass is 580 g/mol. The third kappa shape index (κ3) is 4.90. The molecule has 3 unspecified atom stereocenters. The van der Waals surface area contributed by atoms with E-state index in [4.69, 9.17) is 26.8 Å². The largest absolute Gasteiger partial charge is 0.463 e. The lowest BCUT2D eigenvalue weighted by Gasteiger charge is -2.34. The van der Waals surface area contributed by atoms with E-state index < -0.39 is 28.8 Å². The van der Waals surface area contributed by atoms with Crippen molar-refractivity contribution < 1.29 is 27.0 Å². The number of piperazine rings is 1. The normalized spacial score (nSPS) is 24.7. The molecule has 0 spiro atoms. The fraction of sp³-hybridized carbons (Fsp3) is 0.519. The lowest BCUT2D eigenvalue weighted by molar-refractivity contribution is -0.137. The van der Waals surface area contributed by atoms with Crippen LogP contribution in [0.3, 0.4) is 0 Å². The Kier molecular flexibility index (Phi) is 6.70. The average Bonchev–Trinajstić information content (AvgIpc) is 3.46. The van der Waals surface area contributed by atoms with Crippen LogP contribution < -0.4 is 20.7 Å². The van der Waals surface area contributed by atoms with Crippen molar-refractivity contribution in [1.29, 1.82) is 0 Å². The van der Waals surface area contributed by atoms with Gasteiger partial charge in [-0.05, 0) is 43.9 Å². The zero-order valence-electron chi connectivity index (χ0n) is 22.0. The molecule has 3 atom stereocenters. The van der Waals surface area contributed by atoms with Gasteiger partial charge in [0.2, 0.25) is 0 Å². The van der Waals surface area contributed by atoms with Gasteiger partial charge in [-0.25, -0.2) is 9.37 Å². The highest BCUT2D eigenvalue weighted by molar-refractivity contribution is 6.34. The van der Waals surface area contributed by atoms with Gasteiger partial charge < -0.3 is 25.4 Å². The van der Waals surface area contributed by atoms with Gasteiger partial charge in [0.1, 0.15) is 17.2 Å². The minimum Gasteiger partial charge on any atom is -0.463 e. The molecule has 5 heterocycles. The number of aromatic nitrogens is 3. The van der Waals surface area contributed by atoms with Crippen molar-refractivity contribution in [1.82, 2.24) is 20.3 Å². The number of alkyl halides is 3. The van der Waals surface area contributed by atoms with Crippen LogP contribution in [0.2, 0.25) is 5.02 Å². The summed E-state index contributed by atoms with van der Waals surface area (Å²) >= 11 is 6.54.